The van der Waals surface area contributed by atoms with Gasteiger partial charge in [0.15, 0.2) is 0 Å². The van der Waals surface area contributed by atoms with E-state index in [1.54, 1.807) is 4.88 Å². The molecule has 3 heteroatoms. The van der Waals surface area contributed by atoms with Crippen molar-refractivity contribution < 1.29 is 0 Å². The van der Waals surface area contributed by atoms with E-state index in [9.17, 15) is 0 Å². The summed E-state index contributed by atoms with van der Waals surface area (Å²) < 4.78 is 0. The van der Waals surface area contributed by atoms with Crippen molar-refractivity contribution in [2.24, 2.45) is 5.92 Å². The number of likely N-dealkylation sites (tertiary alicyclic amines) is 1. The molecule has 0 aromatic carbocycles. The molecule has 1 N–H and O–H groups in total. The Kier molecular flexibility index (Phi) is 4.33. The van der Waals surface area contributed by atoms with Gasteiger partial charge in [0.2, 0.25) is 0 Å². The highest BCUT2D eigenvalue weighted by Crippen LogP contribution is 2.36. The van der Waals surface area contributed by atoms with Crippen LogP contribution in [0.1, 0.15) is 55.7 Å². The first kappa shape index (κ1) is 14.2. The monoisotopic (exact) mass is 304 g/mol. The summed E-state index contributed by atoms with van der Waals surface area (Å²) in [5.41, 5.74) is 0. The maximum atomic E-state index is 3.93. The zero-order chi connectivity index (χ0) is 14.1. The van der Waals surface area contributed by atoms with Gasteiger partial charge in [0, 0.05) is 36.0 Å². The van der Waals surface area contributed by atoms with Gasteiger partial charge in [0.05, 0.1) is 0 Å². The molecule has 2 aliphatic carbocycles. The highest BCUT2D eigenvalue weighted by Gasteiger charge is 2.36. The van der Waals surface area contributed by atoms with Gasteiger partial charge in [-0.1, -0.05) is 18.9 Å². The quantitative estimate of drug-likeness (QED) is 0.889. The second-order valence-electron chi connectivity index (χ2n) is 7.39. The van der Waals surface area contributed by atoms with Crippen molar-refractivity contribution in [3.8, 4) is 0 Å². The first-order chi connectivity index (χ1) is 10.4. The lowest BCUT2D eigenvalue weighted by Crippen LogP contribution is -2.50. The van der Waals surface area contributed by atoms with Crippen LogP contribution >= 0.6 is 11.3 Å². The molecule has 4 rings (SSSR count). The molecule has 1 saturated heterocycles. The van der Waals surface area contributed by atoms with Crippen molar-refractivity contribution in [3.63, 3.8) is 0 Å². The SMILES string of the molecule is c1csc(C2CC(NCC3CCCC3)CN(C3CC3)C2)c1. The summed E-state index contributed by atoms with van der Waals surface area (Å²) in [5, 5.41) is 6.17. The van der Waals surface area contributed by atoms with Crippen molar-refractivity contribution in [3.05, 3.63) is 22.4 Å². The predicted octanol–water partition coefficient (Wildman–Crippen LogP) is 3.85. The molecule has 21 heavy (non-hydrogen) atoms. The molecular formula is C18H28N2S. The zero-order valence-corrected chi connectivity index (χ0v) is 13.8. The minimum Gasteiger partial charge on any atom is -0.312 e. The highest BCUT2D eigenvalue weighted by molar-refractivity contribution is 7.10. The Morgan fingerprint density at radius 1 is 1.14 bits per heavy atom. The van der Waals surface area contributed by atoms with E-state index in [0.717, 1.165) is 17.9 Å². The summed E-state index contributed by atoms with van der Waals surface area (Å²) in [6, 6.07) is 6.19. The molecule has 2 unspecified atom stereocenters. The molecular weight excluding hydrogens is 276 g/mol. The normalized spacial score (nSPS) is 31.8. The third kappa shape index (κ3) is 3.52. The minimum absolute atomic E-state index is 0.715. The fraction of sp³-hybridized carbons (Fsp3) is 0.778. The fourth-order valence-corrected chi connectivity index (χ4v) is 5.13. The number of rotatable bonds is 5. The van der Waals surface area contributed by atoms with Crippen LogP contribution in [0.5, 0.6) is 0 Å². The predicted molar refractivity (Wildman–Crippen MR) is 90.0 cm³/mol. The summed E-state index contributed by atoms with van der Waals surface area (Å²) in [4.78, 5) is 4.38. The smallest absolute Gasteiger partial charge is 0.0201 e. The van der Waals surface area contributed by atoms with E-state index >= 15 is 0 Å². The second kappa shape index (κ2) is 6.39. The number of piperidine rings is 1. The molecule has 2 nitrogen and oxygen atoms in total. The second-order valence-corrected chi connectivity index (χ2v) is 8.37. The fourth-order valence-electron chi connectivity index (χ4n) is 4.30. The van der Waals surface area contributed by atoms with E-state index in [1.807, 2.05) is 11.3 Å². The van der Waals surface area contributed by atoms with E-state index in [-0.39, 0.29) is 0 Å². The molecule has 2 heterocycles. The summed E-state index contributed by atoms with van der Waals surface area (Å²) in [7, 11) is 0. The van der Waals surface area contributed by atoms with Gasteiger partial charge in [-0.3, -0.25) is 4.90 Å². The molecule has 0 amide bonds. The average Bonchev–Trinajstić information content (AvgIpc) is 3.02. The summed E-state index contributed by atoms with van der Waals surface area (Å²) >= 11 is 1.95. The number of hydrogen-bond acceptors (Lipinski definition) is 3. The van der Waals surface area contributed by atoms with E-state index in [1.165, 1.54) is 64.6 Å². The molecule has 116 valence electrons. The maximum Gasteiger partial charge on any atom is 0.0201 e. The third-order valence-corrected chi connectivity index (χ3v) is 6.69. The van der Waals surface area contributed by atoms with Gasteiger partial charge in [-0.2, -0.15) is 0 Å². The Hall–Kier alpha value is -0.380. The molecule has 0 spiro atoms. The molecule has 1 aromatic heterocycles. The van der Waals surface area contributed by atoms with Gasteiger partial charge in [0.1, 0.15) is 0 Å². The van der Waals surface area contributed by atoms with Crippen LogP contribution in [-0.4, -0.2) is 36.6 Å². The van der Waals surface area contributed by atoms with Crippen LogP contribution in [0.15, 0.2) is 17.5 Å². The Morgan fingerprint density at radius 2 is 2.00 bits per heavy atom. The van der Waals surface area contributed by atoms with Crippen LogP contribution in [0.2, 0.25) is 0 Å². The van der Waals surface area contributed by atoms with Gasteiger partial charge in [-0.15, -0.1) is 11.3 Å². The molecule has 2 atom stereocenters. The van der Waals surface area contributed by atoms with Crippen LogP contribution < -0.4 is 5.32 Å². The number of nitrogens with one attached hydrogen (secondary N) is 1. The lowest BCUT2D eigenvalue weighted by atomic mass is 9.92. The van der Waals surface area contributed by atoms with Crippen molar-refractivity contribution >= 4 is 11.3 Å². The first-order valence-corrected chi connectivity index (χ1v) is 9.77. The Morgan fingerprint density at radius 3 is 2.71 bits per heavy atom. The van der Waals surface area contributed by atoms with E-state index in [2.05, 4.69) is 27.7 Å². The summed E-state index contributed by atoms with van der Waals surface area (Å²) in [6.07, 6.45) is 10.1. The van der Waals surface area contributed by atoms with Crippen LogP contribution in [0.25, 0.3) is 0 Å². The Labute approximate surface area is 132 Å². The Balaban J connectivity index is 1.37. The average molecular weight is 305 g/mol. The molecule has 0 bridgehead atoms. The van der Waals surface area contributed by atoms with Crippen molar-refractivity contribution in [1.82, 2.24) is 10.2 Å². The third-order valence-electron chi connectivity index (χ3n) is 5.66. The molecule has 1 aromatic rings. The first-order valence-electron chi connectivity index (χ1n) is 8.89. The van der Waals surface area contributed by atoms with E-state index in [4.69, 9.17) is 0 Å². The van der Waals surface area contributed by atoms with Crippen LogP contribution in [0.3, 0.4) is 0 Å². The van der Waals surface area contributed by atoms with Crippen LogP contribution in [0.4, 0.5) is 0 Å². The molecule has 3 fully saturated rings. The number of nitrogens with zero attached hydrogens (tertiary/aromatic N) is 1. The van der Waals surface area contributed by atoms with Crippen molar-refractivity contribution in [1.29, 1.82) is 0 Å². The van der Waals surface area contributed by atoms with Gasteiger partial charge < -0.3 is 5.32 Å². The molecule has 1 aliphatic heterocycles. The van der Waals surface area contributed by atoms with Gasteiger partial charge in [0.25, 0.3) is 0 Å². The highest BCUT2D eigenvalue weighted by atomic mass is 32.1. The Bertz CT molecular complexity index is 434. The van der Waals surface area contributed by atoms with E-state index in [0.29, 0.717) is 6.04 Å². The molecule has 0 radical (unpaired) electrons. The van der Waals surface area contributed by atoms with Crippen molar-refractivity contribution in [2.45, 2.75) is 62.9 Å². The van der Waals surface area contributed by atoms with Gasteiger partial charge in [-0.25, -0.2) is 0 Å². The maximum absolute atomic E-state index is 3.93. The number of thiophene rings is 1. The lowest BCUT2D eigenvalue weighted by Gasteiger charge is -2.38. The van der Waals surface area contributed by atoms with E-state index < -0.39 is 0 Å². The van der Waals surface area contributed by atoms with Gasteiger partial charge in [-0.05, 0) is 56.0 Å². The zero-order valence-electron chi connectivity index (χ0n) is 13.0. The molecule has 3 aliphatic rings. The minimum atomic E-state index is 0.715. The summed E-state index contributed by atoms with van der Waals surface area (Å²) in [5.74, 6) is 1.72. The van der Waals surface area contributed by atoms with Crippen LogP contribution in [-0.2, 0) is 0 Å². The number of hydrogen-bond donors (Lipinski definition) is 1. The molecule has 2 saturated carbocycles. The topological polar surface area (TPSA) is 15.3 Å². The summed E-state index contributed by atoms with van der Waals surface area (Å²) in [6.45, 7) is 3.85. The largest absolute Gasteiger partial charge is 0.312 e. The van der Waals surface area contributed by atoms with Gasteiger partial charge >= 0.3 is 0 Å². The standard InChI is InChI=1S/C18H28N2S/c1-2-5-14(4-1)11-19-16-10-15(18-6-3-9-21-18)12-20(13-16)17-7-8-17/h3,6,9,14-17,19H,1-2,4-5,7-8,10-13H2. The lowest BCUT2D eigenvalue weighted by molar-refractivity contribution is 0.162. The van der Waals surface area contributed by atoms with Crippen molar-refractivity contribution in [2.75, 3.05) is 19.6 Å². The van der Waals surface area contributed by atoms with Crippen LogP contribution in [0, 0.1) is 5.92 Å².